The second kappa shape index (κ2) is 7.34. The smallest absolute Gasteiger partial charge is 0.0945 e. The van der Waals surface area contributed by atoms with Crippen molar-refractivity contribution in [1.29, 1.82) is 0 Å². The van der Waals surface area contributed by atoms with E-state index in [2.05, 4.69) is 31.1 Å². The van der Waals surface area contributed by atoms with E-state index in [0.717, 1.165) is 11.3 Å². The summed E-state index contributed by atoms with van der Waals surface area (Å²) < 4.78 is 0. The molecule has 1 heterocycles. The Labute approximate surface area is 127 Å². The zero-order valence-electron chi connectivity index (χ0n) is 13.0. The van der Waals surface area contributed by atoms with E-state index >= 15 is 0 Å². The average molecular weight is 284 g/mol. The molecule has 2 unspecified atom stereocenters. The van der Waals surface area contributed by atoms with Crippen LogP contribution in [0.2, 0.25) is 0 Å². The van der Waals surface area contributed by atoms with Gasteiger partial charge in [-0.15, -0.1) is 0 Å². The van der Waals surface area contributed by atoms with E-state index in [4.69, 9.17) is 0 Å². The van der Waals surface area contributed by atoms with Crippen molar-refractivity contribution >= 4 is 0 Å². The fourth-order valence-electron chi connectivity index (χ4n) is 2.41. The fraction of sp³-hybridized carbons (Fsp3) is 0.389. The molecule has 3 heteroatoms. The number of aryl methyl sites for hydroxylation is 1. The van der Waals surface area contributed by atoms with Gasteiger partial charge in [-0.05, 0) is 30.5 Å². The van der Waals surface area contributed by atoms with Gasteiger partial charge < -0.3 is 10.4 Å². The number of hydrogen-bond donors (Lipinski definition) is 2. The van der Waals surface area contributed by atoms with Gasteiger partial charge in [0.2, 0.25) is 0 Å². The molecule has 112 valence electrons. The molecule has 3 nitrogen and oxygen atoms in total. The highest BCUT2D eigenvalue weighted by Gasteiger charge is 2.23. The van der Waals surface area contributed by atoms with Gasteiger partial charge in [0.1, 0.15) is 0 Å². The van der Waals surface area contributed by atoms with Gasteiger partial charge >= 0.3 is 0 Å². The molecule has 2 atom stereocenters. The van der Waals surface area contributed by atoms with Gasteiger partial charge in [-0.25, -0.2) is 0 Å². The third kappa shape index (κ3) is 4.38. The Hall–Kier alpha value is -1.71. The fourth-order valence-corrected chi connectivity index (χ4v) is 2.41. The molecular weight excluding hydrogens is 260 g/mol. The zero-order chi connectivity index (χ0) is 15.2. The molecule has 0 aliphatic rings. The van der Waals surface area contributed by atoms with Gasteiger partial charge in [0.05, 0.1) is 11.8 Å². The van der Waals surface area contributed by atoms with Crippen LogP contribution in [-0.4, -0.2) is 16.1 Å². The number of pyridine rings is 1. The van der Waals surface area contributed by atoms with Crippen molar-refractivity contribution in [2.75, 3.05) is 0 Å². The lowest BCUT2D eigenvalue weighted by Gasteiger charge is -2.28. The van der Waals surface area contributed by atoms with Gasteiger partial charge in [0, 0.05) is 18.8 Å². The Morgan fingerprint density at radius 1 is 1.10 bits per heavy atom. The quantitative estimate of drug-likeness (QED) is 0.856. The summed E-state index contributed by atoms with van der Waals surface area (Å²) in [5, 5.41) is 14.1. The van der Waals surface area contributed by atoms with Crippen LogP contribution in [0.15, 0.2) is 48.7 Å². The molecular formula is C18H24N2O. The van der Waals surface area contributed by atoms with Crippen molar-refractivity contribution in [3.8, 4) is 0 Å². The first-order chi connectivity index (χ1) is 10.1. The summed E-state index contributed by atoms with van der Waals surface area (Å²) >= 11 is 0. The Morgan fingerprint density at radius 2 is 1.81 bits per heavy atom. The van der Waals surface area contributed by atoms with Crippen molar-refractivity contribution in [2.45, 2.75) is 39.5 Å². The predicted molar refractivity (Wildman–Crippen MR) is 85.8 cm³/mol. The zero-order valence-corrected chi connectivity index (χ0v) is 13.0. The number of hydrogen-bond acceptors (Lipinski definition) is 3. The number of aliphatic hydroxyl groups excluding tert-OH is 1. The molecule has 0 spiro atoms. The summed E-state index contributed by atoms with van der Waals surface area (Å²) in [5.41, 5.74) is 3.14. The third-order valence-electron chi connectivity index (χ3n) is 3.72. The molecule has 0 saturated heterocycles. The van der Waals surface area contributed by atoms with Crippen LogP contribution in [0.1, 0.15) is 36.8 Å². The molecule has 0 amide bonds. The number of nitrogens with zero attached hydrogens (tertiary/aromatic N) is 1. The Bertz CT molecular complexity index is 537. The molecule has 1 aromatic heterocycles. The summed E-state index contributed by atoms with van der Waals surface area (Å²) in [5.74, 6) is 0.324. The van der Waals surface area contributed by atoms with Crippen molar-refractivity contribution in [3.63, 3.8) is 0 Å². The minimum Gasteiger partial charge on any atom is -0.387 e. The first kappa shape index (κ1) is 15.7. The van der Waals surface area contributed by atoms with Crippen LogP contribution >= 0.6 is 0 Å². The molecule has 0 aliphatic carbocycles. The Balaban J connectivity index is 2.06. The molecule has 2 N–H and O–H groups in total. The standard InChI is InChI=1S/C18H24N2O/c1-13(2)17(20-12-16-6-4-5-11-19-16)18(21)15-9-7-14(3)8-10-15/h4-11,13,17-18,20-21H,12H2,1-3H3. The number of nitrogens with one attached hydrogen (secondary N) is 1. The number of rotatable bonds is 6. The summed E-state index contributed by atoms with van der Waals surface area (Å²) in [7, 11) is 0. The van der Waals surface area contributed by atoms with E-state index in [-0.39, 0.29) is 6.04 Å². The second-order valence-corrected chi connectivity index (χ2v) is 5.83. The van der Waals surface area contributed by atoms with E-state index in [9.17, 15) is 5.11 Å². The topological polar surface area (TPSA) is 45.1 Å². The first-order valence-corrected chi connectivity index (χ1v) is 7.46. The minimum atomic E-state index is -0.519. The molecule has 2 aromatic rings. The predicted octanol–water partition coefficient (Wildman–Crippen LogP) is 3.24. The van der Waals surface area contributed by atoms with Crippen LogP contribution in [0, 0.1) is 12.8 Å². The maximum absolute atomic E-state index is 10.6. The van der Waals surface area contributed by atoms with Crippen molar-refractivity contribution in [2.24, 2.45) is 5.92 Å². The molecule has 0 aliphatic heterocycles. The number of aliphatic hydroxyl groups is 1. The maximum atomic E-state index is 10.6. The second-order valence-electron chi connectivity index (χ2n) is 5.83. The van der Waals surface area contributed by atoms with E-state index in [1.54, 1.807) is 6.20 Å². The lowest BCUT2D eigenvalue weighted by atomic mass is 9.93. The van der Waals surface area contributed by atoms with Crippen LogP contribution in [0.5, 0.6) is 0 Å². The maximum Gasteiger partial charge on any atom is 0.0945 e. The average Bonchev–Trinajstić information content (AvgIpc) is 2.48. The molecule has 1 aromatic carbocycles. The van der Waals surface area contributed by atoms with Gasteiger partial charge in [0.25, 0.3) is 0 Å². The van der Waals surface area contributed by atoms with Crippen LogP contribution in [0.4, 0.5) is 0 Å². The van der Waals surface area contributed by atoms with Crippen molar-refractivity contribution in [3.05, 3.63) is 65.5 Å². The van der Waals surface area contributed by atoms with Gasteiger partial charge in [-0.3, -0.25) is 4.98 Å². The molecule has 0 bridgehead atoms. The van der Waals surface area contributed by atoms with Gasteiger partial charge in [-0.1, -0.05) is 49.7 Å². The monoisotopic (exact) mass is 284 g/mol. The minimum absolute atomic E-state index is 0.00490. The number of aromatic nitrogens is 1. The summed E-state index contributed by atoms with van der Waals surface area (Å²) in [6.07, 6.45) is 1.27. The molecule has 0 fully saturated rings. The van der Waals surface area contributed by atoms with Gasteiger partial charge in [-0.2, -0.15) is 0 Å². The summed E-state index contributed by atoms with van der Waals surface area (Å²) in [6.45, 7) is 6.95. The molecule has 2 rings (SSSR count). The lowest BCUT2D eigenvalue weighted by Crippen LogP contribution is -2.39. The Morgan fingerprint density at radius 3 is 2.38 bits per heavy atom. The SMILES string of the molecule is Cc1ccc(C(O)C(NCc2ccccn2)C(C)C)cc1. The van der Waals surface area contributed by atoms with E-state index in [0.29, 0.717) is 12.5 Å². The highest BCUT2D eigenvalue weighted by Crippen LogP contribution is 2.22. The first-order valence-electron chi connectivity index (χ1n) is 7.46. The highest BCUT2D eigenvalue weighted by molar-refractivity contribution is 5.24. The third-order valence-corrected chi connectivity index (χ3v) is 3.72. The van der Waals surface area contributed by atoms with Crippen LogP contribution in [0.25, 0.3) is 0 Å². The van der Waals surface area contributed by atoms with Gasteiger partial charge in [0.15, 0.2) is 0 Å². The van der Waals surface area contributed by atoms with Crippen LogP contribution in [0.3, 0.4) is 0 Å². The summed E-state index contributed by atoms with van der Waals surface area (Å²) in [6, 6.07) is 13.9. The Kier molecular flexibility index (Phi) is 5.48. The molecule has 0 radical (unpaired) electrons. The largest absolute Gasteiger partial charge is 0.387 e. The molecule has 0 saturated carbocycles. The number of benzene rings is 1. The highest BCUT2D eigenvalue weighted by atomic mass is 16.3. The summed E-state index contributed by atoms with van der Waals surface area (Å²) in [4.78, 5) is 4.31. The van der Waals surface area contributed by atoms with E-state index in [1.165, 1.54) is 5.56 Å². The van der Waals surface area contributed by atoms with Crippen molar-refractivity contribution < 1.29 is 5.11 Å². The van der Waals surface area contributed by atoms with Crippen LogP contribution in [-0.2, 0) is 6.54 Å². The molecule has 21 heavy (non-hydrogen) atoms. The normalized spacial score (nSPS) is 14.1. The van der Waals surface area contributed by atoms with E-state index in [1.807, 2.05) is 42.5 Å². The lowest BCUT2D eigenvalue weighted by molar-refractivity contribution is 0.104. The van der Waals surface area contributed by atoms with Crippen molar-refractivity contribution in [1.82, 2.24) is 10.3 Å². The van der Waals surface area contributed by atoms with Crippen LogP contribution < -0.4 is 5.32 Å². The van der Waals surface area contributed by atoms with E-state index < -0.39 is 6.10 Å².